The number of hydrogen-bond acceptors (Lipinski definition) is 5. The Bertz CT molecular complexity index is 1560. The van der Waals surface area contributed by atoms with Crippen molar-refractivity contribution in [1.82, 2.24) is 20.2 Å². The first kappa shape index (κ1) is 19.4. The van der Waals surface area contributed by atoms with Gasteiger partial charge in [-0.15, -0.1) is 0 Å². The van der Waals surface area contributed by atoms with Crippen LogP contribution in [0.2, 0.25) is 0 Å². The Morgan fingerprint density at radius 1 is 1.06 bits per heavy atom. The van der Waals surface area contributed by atoms with Crippen LogP contribution < -0.4 is 16.0 Å². The molecule has 0 aliphatic heterocycles. The van der Waals surface area contributed by atoms with Gasteiger partial charge in [0.15, 0.2) is 0 Å². The van der Waals surface area contributed by atoms with Gasteiger partial charge in [0, 0.05) is 17.4 Å². The monoisotopic (exact) mass is 429 g/mol. The number of imidazole rings is 1. The van der Waals surface area contributed by atoms with Gasteiger partial charge in [0.1, 0.15) is 5.82 Å². The molecule has 32 heavy (non-hydrogen) atoms. The Kier molecular flexibility index (Phi) is 4.63. The first-order valence-electron chi connectivity index (χ1n) is 9.71. The highest BCUT2D eigenvalue weighted by molar-refractivity contribution is 5.84. The Hall–Kier alpha value is -4.53. The lowest BCUT2D eigenvalue weighted by molar-refractivity contribution is 0.207. The van der Waals surface area contributed by atoms with Crippen LogP contribution in [0.5, 0.6) is 6.01 Å². The third-order valence-electron chi connectivity index (χ3n) is 5.18. The summed E-state index contributed by atoms with van der Waals surface area (Å²) < 4.78 is 20.3. The molecule has 2 aromatic heterocycles. The standard InChI is InChI=1S/C23H16FN5O3/c24-20-13(11-18-15-5-1-2-6-16(15)21(30)29-28-18)4-3-7-14(20)12-8-9-17-19(10-12)27-23(26-17)32-22(25)31/h1-10H,11H2,(H2,25,31)(H,26,27)(H,29,30). The van der Waals surface area contributed by atoms with Gasteiger partial charge in [-0.3, -0.25) is 4.79 Å². The van der Waals surface area contributed by atoms with Crippen molar-refractivity contribution in [3.63, 3.8) is 0 Å². The number of aromatic nitrogens is 4. The van der Waals surface area contributed by atoms with E-state index in [1.807, 2.05) is 6.07 Å². The first-order chi connectivity index (χ1) is 15.5. The van der Waals surface area contributed by atoms with E-state index in [9.17, 15) is 9.59 Å². The predicted molar refractivity (Wildman–Crippen MR) is 117 cm³/mol. The predicted octanol–water partition coefficient (Wildman–Crippen LogP) is 3.65. The number of H-pyrrole nitrogens is 2. The Labute approximate surface area is 179 Å². The summed E-state index contributed by atoms with van der Waals surface area (Å²) in [5.41, 5.74) is 7.87. The number of amides is 1. The summed E-state index contributed by atoms with van der Waals surface area (Å²) in [5, 5.41) is 7.81. The second-order valence-corrected chi connectivity index (χ2v) is 7.20. The highest BCUT2D eigenvalue weighted by atomic mass is 19.1. The maximum absolute atomic E-state index is 15.5. The summed E-state index contributed by atoms with van der Waals surface area (Å²) in [6.07, 6.45) is -0.772. The zero-order valence-electron chi connectivity index (χ0n) is 16.6. The lowest BCUT2D eigenvalue weighted by Gasteiger charge is -2.10. The van der Waals surface area contributed by atoms with E-state index < -0.39 is 11.9 Å². The number of nitrogens with zero attached hydrogens (tertiary/aromatic N) is 2. The summed E-state index contributed by atoms with van der Waals surface area (Å²) in [7, 11) is 0. The van der Waals surface area contributed by atoms with Gasteiger partial charge in [-0.2, -0.15) is 10.1 Å². The maximum Gasteiger partial charge on any atom is 0.412 e. The fourth-order valence-electron chi connectivity index (χ4n) is 3.72. The molecule has 0 saturated carbocycles. The van der Waals surface area contributed by atoms with Crippen LogP contribution in [0.1, 0.15) is 11.3 Å². The molecule has 0 unspecified atom stereocenters. The molecule has 5 aromatic rings. The highest BCUT2D eigenvalue weighted by Crippen LogP contribution is 2.29. The van der Waals surface area contributed by atoms with Crippen LogP contribution in [-0.2, 0) is 6.42 Å². The molecule has 9 heteroatoms. The SMILES string of the molecule is NC(=O)Oc1nc2ccc(-c3cccc(Cc4n[nH]c(=O)c5ccccc45)c3F)cc2[nH]1. The number of aromatic amines is 2. The third-order valence-corrected chi connectivity index (χ3v) is 5.18. The van der Waals surface area contributed by atoms with Gasteiger partial charge in [0.2, 0.25) is 0 Å². The summed E-state index contributed by atoms with van der Waals surface area (Å²) in [4.78, 5) is 29.9. The van der Waals surface area contributed by atoms with E-state index >= 15 is 4.39 Å². The number of nitrogens with two attached hydrogens (primary N) is 1. The van der Waals surface area contributed by atoms with Crippen molar-refractivity contribution in [1.29, 1.82) is 0 Å². The van der Waals surface area contributed by atoms with Crippen molar-refractivity contribution in [3.05, 3.63) is 88.1 Å². The number of rotatable bonds is 4. The van der Waals surface area contributed by atoms with E-state index in [1.165, 1.54) is 0 Å². The molecule has 0 bridgehead atoms. The van der Waals surface area contributed by atoms with Crippen LogP contribution in [0.3, 0.4) is 0 Å². The average Bonchev–Trinajstić information content (AvgIpc) is 3.18. The van der Waals surface area contributed by atoms with E-state index in [0.29, 0.717) is 44.2 Å². The summed E-state index contributed by atoms with van der Waals surface area (Å²) >= 11 is 0. The zero-order valence-corrected chi connectivity index (χ0v) is 16.6. The fourth-order valence-corrected chi connectivity index (χ4v) is 3.72. The lowest BCUT2D eigenvalue weighted by atomic mass is 9.98. The quantitative estimate of drug-likeness (QED) is 0.402. The smallest absolute Gasteiger partial charge is 0.376 e. The van der Waals surface area contributed by atoms with Crippen LogP contribution in [0.4, 0.5) is 9.18 Å². The van der Waals surface area contributed by atoms with Gasteiger partial charge in [-0.25, -0.2) is 14.3 Å². The van der Waals surface area contributed by atoms with Gasteiger partial charge < -0.3 is 15.5 Å². The van der Waals surface area contributed by atoms with Gasteiger partial charge in [-0.1, -0.05) is 42.5 Å². The van der Waals surface area contributed by atoms with Crippen LogP contribution in [-0.4, -0.2) is 26.3 Å². The number of ether oxygens (including phenoxy) is 1. The highest BCUT2D eigenvalue weighted by Gasteiger charge is 2.15. The largest absolute Gasteiger partial charge is 0.412 e. The summed E-state index contributed by atoms with van der Waals surface area (Å²) in [6, 6.07) is 17.3. The van der Waals surface area contributed by atoms with Crippen molar-refractivity contribution in [3.8, 4) is 17.1 Å². The topological polar surface area (TPSA) is 127 Å². The minimum absolute atomic E-state index is 0.0325. The molecule has 0 spiro atoms. The molecule has 3 aromatic carbocycles. The fraction of sp³-hybridized carbons (Fsp3) is 0.0435. The molecule has 5 rings (SSSR count). The van der Waals surface area contributed by atoms with Gasteiger partial charge in [-0.05, 0) is 29.3 Å². The number of carbonyl (C=O) groups excluding carboxylic acids is 1. The Morgan fingerprint density at radius 3 is 2.69 bits per heavy atom. The van der Waals surface area contributed by atoms with E-state index in [0.717, 1.165) is 0 Å². The maximum atomic E-state index is 15.5. The number of carbonyl (C=O) groups is 1. The minimum atomic E-state index is -0.980. The molecule has 0 saturated heterocycles. The lowest BCUT2D eigenvalue weighted by Crippen LogP contribution is -2.16. The minimum Gasteiger partial charge on any atom is -0.376 e. The number of nitrogens with one attached hydrogen (secondary N) is 2. The van der Waals surface area contributed by atoms with E-state index in [1.54, 1.807) is 54.6 Å². The normalized spacial score (nSPS) is 11.2. The van der Waals surface area contributed by atoms with E-state index in [-0.39, 0.29) is 18.0 Å². The molecule has 0 atom stereocenters. The molecular formula is C23H16FN5O3. The number of benzene rings is 3. The summed E-state index contributed by atoms with van der Waals surface area (Å²) in [5.74, 6) is -0.392. The molecule has 4 N–H and O–H groups in total. The molecule has 0 fully saturated rings. The molecular weight excluding hydrogens is 413 g/mol. The van der Waals surface area contributed by atoms with Crippen molar-refractivity contribution in [2.24, 2.45) is 5.73 Å². The molecule has 1 amide bonds. The van der Waals surface area contributed by atoms with Gasteiger partial charge in [0.05, 0.1) is 22.1 Å². The van der Waals surface area contributed by atoms with Crippen molar-refractivity contribution in [2.45, 2.75) is 6.42 Å². The molecule has 0 aliphatic carbocycles. The number of halogens is 1. The van der Waals surface area contributed by atoms with E-state index in [4.69, 9.17) is 10.5 Å². The van der Waals surface area contributed by atoms with Crippen molar-refractivity contribution >= 4 is 27.9 Å². The molecule has 158 valence electrons. The van der Waals surface area contributed by atoms with E-state index in [2.05, 4.69) is 20.2 Å². The molecule has 8 nitrogen and oxygen atoms in total. The molecule has 2 heterocycles. The van der Waals surface area contributed by atoms with Crippen molar-refractivity contribution < 1.29 is 13.9 Å². The first-order valence-corrected chi connectivity index (χ1v) is 9.71. The zero-order chi connectivity index (χ0) is 22.2. The Balaban J connectivity index is 1.54. The summed E-state index contributed by atoms with van der Waals surface area (Å²) in [6.45, 7) is 0. The third kappa shape index (κ3) is 3.45. The molecule has 0 aliphatic rings. The van der Waals surface area contributed by atoms with Crippen LogP contribution in [0, 0.1) is 5.82 Å². The molecule has 0 radical (unpaired) electrons. The Morgan fingerprint density at radius 2 is 1.88 bits per heavy atom. The number of primary amides is 1. The van der Waals surface area contributed by atoms with Crippen LogP contribution >= 0.6 is 0 Å². The second-order valence-electron chi connectivity index (χ2n) is 7.20. The van der Waals surface area contributed by atoms with Crippen molar-refractivity contribution in [2.75, 3.05) is 0 Å². The number of fused-ring (bicyclic) bond motifs is 2. The second kappa shape index (κ2) is 7.62. The average molecular weight is 429 g/mol. The van der Waals surface area contributed by atoms with Gasteiger partial charge in [0.25, 0.3) is 5.56 Å². The van der Waals surface area contributed by atoms with Crippen LogP contribution in [0.15, 0.2) is 65.5 Å². The number of hydrogen-bond donors (Lipinski definition) is 3. The van der Waals surface area contributed by atoms with Crippen LogP contribution in [0.25, 0.3) is 32.9 Å². The van der Waals surface area contributed by atoms with Gasteiger partial charge >= 0.3 is 12.1 Å².